The van der Waals surface area contributed by atoms with E-state index in [2.05, 4.69) is 0 Å². The number of hydrogen-bond acceptors (Lipinski definition) is 6. The highest BCUT2D eigenvalue weighted by Gasteiger charge is 2.33. The van der Waals surface area contributed by atoms with Gasteiger partial charge >= 0.3 is 0 Å². The molecule has 0 atom stereocenters. The molecule has 3 amide bonds. The summed E-state index contributed by atoms with van der Waals surface area (Å²) >= 11 is 0.942. The molecule has 8 heteroatoms. The average Bonchev–Trinajstić information content (AvgIpc) is 2.94. The monoisotopic (exact) mass is 376 g/mol. The Labute approximate surface area is 155 Å². The minimum absolute atomic E-state index is 0.0191. The first-order valence-corrected chi connectivity index (χ1v) is 9.24. The fourth-order valence-electron chi connectivity index (χ4n) is 2.63. The maximum Gasteiger partial charge on any atom is 0.293 e. The lowest BCUT2D eigenvalue weighted by Crippen LogP contribution is -2.42. The van der Waals surface area contributed by atoms with E-state index < -0.39 is 0 Å². The number of morpholine rings is 1. The highest BCUT2D eigenvalue weighted by Crippen LogP contribution is 2.32. The normalized spacial score (nSPS) is 19.3. The standard InChI is InChI=1S/C18H20N2O5S/c1-2-20-17(22)15(26-18(20)23)11-13-3-5-14(6-4-13)25-12-16(21)19-7-9-24-10-8-19/h3-6,11H,2,7-10,12H2,1H3. The molecular formula is C18H20N2O5S. The fraction of sp³-hybridized carbons (Fsp3) is 0.389. The van der Waals surface area contributed by atoms with Crippen LogP contribution in [0.4, 0.5) is 4.79 Å². The van der Waals surface area contributed by atoms with Crippen molar-refractivity contribution in [3.8, 4) is 5.75 Å². The SMILES string of the molecule is CCN1C(=O)SC(=Cc2ccc(OCC(=O)N3CCOCC3)cc2)C1=O. The van der Waals surface area contributed by atoms with E-state index >= 15 is 0 Å². The molecular weight excluding hydrogens is 356 g/mol. The number of ether oxygens (including phenoxy) is 2. The highest BCUT2D eigenvalue weighted by atomic mass is 32.2. The van der Waals surface area contributed by atoms with Gasteiger partial charge in [0.25, 0.3) is 17.1 Å². The minimum atomic E-state index is -0.265. The summed E-state index contributed by atoms with van der Waals surface area (Å²) in [6, 6.07) is 7.05. The van der Waals surface area contributed by atoms with Crippen LogP contribution in [0.5, 0.6) is 5.75 Å². The van der Waals surface area contributed by atoms with E-state index in [4.69, 9.17) is 9.47 Å². The molecule has 1 aromatic rings. The zero-order valence-electron chi connectivity index (χ0n) is 14.5. The second-order valence-corrected chi connectivity index (χ2v) is 6.77. The van der Waals surface area contributed by atoms with Gasteiger partial charge in [-0.2, -0.15) is 0 Å². The Morgan fingerprint density at radius 3 is 2.54 bits per heavy atom. The Bertz CT molecular complexity index is 726. The Morgan fingerprint density at radius 1 is 1.23 bits per heavy atom. The molecule has 0 bridgehead atoms. The van der Waals surface area contributed by atoms with Crippen molar-refractivity contribution >= 4 is 34.9 Å². The lowest BCUT2D eigenvalue weighted by atomic mass is 10.2. The van der Waals surface area contributed by atoms with Crippen LogP contribution in [0.15, 0.2) is 29.2 Å². The minimum Gasteiger partial charge on any atom is -0.484 e. The summed E-state index contributed by atoms with van der Waals surface area (Å²) in [6.07, 6.45) is 1.68. The van der Waals surface area contributed by atoms with Gasteiger partial charge in [-0.1, -0.05) is 12.1 Å². The van der Waals surface area contributed by atoms with Gasteiger partial charge in [0.05, 0.1) is 18.1 Å². The molecule has 0 aliphatic carbocycles. The van der Waals surface area contributed by atoms with Gasteiger partial charge in [0, 0.05) is 19.6 Å². The van der Waals surface area contributed by atoms with Crippen LogP contribution >= 0.6 is 11.8 Å². The Balaban J connectivity index is 1.57. The largest absolute Gasteiger partial charge is 0.484 e. The summed E-state index contributed by atoms with van der Waals surface area (Å²) in [6.45, 7) is 4.42. The molecule has 0 N–H and O–H groups in total. The van der Waals surface area contributed by atoms with Crippen LogP contribution in [0.25, 0.3) is 6.08 Å². The molecule has 7 nitrogen and oxygen atoms in total. The topological polar surface area (TPSA) is 76.2 Å². The summed E-state index contributed by atoms with van der Waals surface area (Å²) in [5, 5.41) is -0.245. The van der Waals surface area contributed by atoms with E-state index in [1.807, 2.05) is 0 Å². The Morgan fingerprint density at radius 2 is 1.92 bits per heavy atom. The van der Waals surface area contributed by atoms with Crippen molar-refractivity contribution < 1.29 is 23.9 Å². The third-order valence-corrected chi connectivity index (χ3v) is 5.00. The second kappa shape index (κ2) is 8.37. The number of carbonyl (C=O) groups is 3. The van der Waals surface area contributed by atoms with Gasteiger partial charge < -0.3 is 14.4 Å². The average molecular weight is 376 g/mol. The number of thioether (sulfide) groups is 1. The van der Waals surface area contributed by atoms with E-state index in [0.29, 0.717) is 43.5 Å². The fourth-order valence-corrected chi connectivity index (χ4v) is 3.54. The van der Waals surface area contributed by atoms with Crippen LogP contribution < -0.4 is 4.74 Å². The van der Waals surface area contributed by atoms with E-state index in [1.54, 1.807) is 42.2 Å². The van der Waals surface area contributed by atoms with Crippen LogP contribution in [-0.2, 0) is 14.3 Å². The van der Waals surface area contributed by atoms with E-state index in [-0.39, 0.29) is 23.7 Å². The van der Waals surface area contributed by atoms with Crippen LogP contribution in [0.2, 0.25) is 0 Å². The molecule has 0 aromatic heterocycles. The molecule has 2 aliphatic rings. The van der Waals surface area contributed by atoms with Crippen molar-refractivity contribution in [1.29, 1.82) is 0 Å². The van der Waals surface area contributed by atoms with Crippen molar-refractivity contribution in [2.75, 3.05) is 39.5 Å². The molecule has 26 heavy (non-hydrogen) atoms. The second-order valence-electron chi connectivity index (χ2n) is 5.78. The number of nitrogens with zero attached hydrogens (tertiary/aromatic N) is 2. The zero-order chi connectivity index (χ0) is 18.5. The summed E-state index contributed by atoms with van der Waals surface area (Å²) in [5.41, 5.74) is 0.790. The van der Waals surface area contributed by atoms with E-state index in [0.717, 1.165) is 17.3 Å². The van der Waals surface area contributed by atoms with Crippen molar-refractivity contribution in [3.05, 3.63) is 34.7 Å². The van der Waals surface area contributed by atoms with Crippen LogP contribution in [0, 0.1) is 0 Å². The highest BCUT2D eigenvalue weighted by molar-refractivity contribution is 8.18. The van der Waals surface area contributed by atoms with Crippen LogP contribution in [-0.4, -0.2) is 66.3 Å². The lowest BCUT2D eigenvalue weighted by Gasteiger charge is -2.26. The van der Waals surface area contributed by atoms with Gasteiger partial charge in [0.2, 0.25) is 0 Å². The smallest absolute Gasteiger partial charge is 0.293 e. The molecule has 0 radical (unpaired) electrons. The van der Waals surface area contributed by atoms with Crippen LogP contribution in [0.1, 0.15) is 12.5 Å². The molecule has 0 spiro atoms. The van der Waals surface area contributed by atoms with Gasteiger partial charge in [0.1, 0.15) is 5.75 Å². The lowest BCUT2D eigenvalue weighted by molar-refractivity contribution is -0.137. The molecule has 0 saturated carbocycles. The van der Waals surface area contributed by atoms with Crippen molar-refractivity contribution in [3.63, 3.8) is 0 Å². The molecule has 2 aliphatic heterocycles. The molecule has 3 rings (SSSR count). The number of amides is 3. The Hall–Kier alpha value is -2.32. The molecule has 0 unspecified atom stereocenters. The van der Waals surface area contributed by atoms with Crippen molar-refractivity contribution in [2.24, 2.45) is 0 Å². The summed E-state index contributed by atoms with van der Waals surface area (Å²) in [4.78, 5) is 39.2. The number of hydrogen-bond donors (Lipinski definition) is 0. The summed E-state index contributed by atoms with van der Waals surface area (Å²) in [5.74, 6) is 0.245. The first-order valence-electron chi connectivity index (χ1n) is 8.42. The number of imide groups is 1. The van der Waals surface area contributed by atoms with Gasteiger partial charge in [0.15, 0.2) is 6.61 Å². The van der Waals surface area contributed by atoms with Gasteiger partial charge in [-0.25, -0.2) is 0 Å². The maximum atomic E-state index is 12.1. The molecule has 2 heterocycles. The van der Waals surface area contributed by atoms with Gasteiger partial charge in [-0.05, 0) is 42.5 Å². The number of carbonyl (C=O) groups excluding carboxylic acids is 3. The first-order chi connectivity index (χ1) is 12.6. The van der Waals surface area contributed by atoms with Crippen molar-refractivity contribution in [1.82, 2.24) is 9.80 Å². The van der Waals surface area contributed by atoms with Gasteiger partial charge in [-0.15, -0.1) is 0 Å². The molecule has 138 valence electrons. The predicted octanol–water partition coefficient (Wildman–Crippen LogP) is 1.98. The Kier molecular flexibility index (Phi) is 5.95. The molecule has 2 saturated heterocycles. The number of likely N-dealkylation sites (N-methyl/N-ethyl adjacent to an activating group) is 1. The maximum absolute atomic E-state index is 12.1. The van der Waals surface area contributed by atoms with E-state index in [1.165, 1.54) is 4.90 Å². The number of rotatable bonds is 5. The van der Waals surface area contributed by atoms with Crippen molar-refractivity contribution in [2.45, 2.75) is 6.92 Å². The zero-order valence-corrected chi connectivity index (χ0v) is 15.3. The summed E-state index contributed by atoms with van der Waals surface area (Å²) < 4.78 is 10.7. The van der Waals surface area contributed by atoms with Gasteiger partial charge in [-0.3, -0.25) is 19.3 Å². The summed E-state index contributed by atoms with van der Waals surface area (Å²) in [7, 11) is 0. The molecule has 2 fully saturated rings. The molecule has 1 aromatic carbocycles. The third-order valence-electron chi connectivity index (χ3n) is 4.09. The van der Waals surface area contributed by atoms with Crippen LogP contribution in [0.3, 0.4) is 0 Å². The van der Waals surface area contributed by atoms with E-state index in [9.17, 15) is 14.4 Å². The third kappa shape index (κ3) is 4.25. The predicted molar refractivity (Wildman–Crippen MR) is 97.7 cm³/mol. The quantitative estimate of drug-likeness (QED) is 0.732. The number of benzene rings is 1. The first kappa shape index (κ1) is 18.5.